The summed E-state index contributed by atoms with van der Waals surface area (Å²) in [6.07, 6.45) is 7.36. The lowest BCUT2D eigenvalue weighted by atomic mass is 9.95. The average Bonchev–Trinajstić information content (AvgIpc) is 3.22. The maximum Gasteiger partial charge on any atom is 0.243 e. The first-order chi connectivity index (χ1) is 14.4. The molecule has 3 rings (SSSR count). The molecule has 2 atom stereocenters. The number of halogens is 2. The molecule has 0 aromatic heterocycles. The number of phenolic OH excluding ortho intramolecular Hbond substituents is 1. The second kappa shape index (κ2) is 12.9. The predicted molar refractivity (Wildman–Crippen MR) is 130 cm³/mol. The fraction of sp³-hybridized carbons (Fsp3) is 0.591. The molecule has 32 heavy (non-hydrogen) atoms. The molecule has 1 heterocycles. The number of benzene rings is 1. The van der Waals surface area contributed by atoms with Crippen LogP contribution in [0, 0.1) is 5.41 Å². The highest BCUT2D eigenvalue weighted by Crippen LogP contribution is 2.22. The molecule has 1 aliphatic carbocycles. The maximum atomic E-state index is 13.0. The van der Waals surface area contributed by atoms with Gasteiger partial charge in [-0.1, -0.05) is 25.3 Å². The summed E-state index contributed by atoms with van der Waals surface area (Å²) in [5.41, 5.74) is 6.37. The second-order valence-corrected chi connectivity index (χ2v) is 8.40. The van der Waals surface area contributed by atoms with E-state index in [2.05, 4.69) is 10.6 Å². The summed E-state index contributed by atoms with van der Waals surface area (Å²) < 4.78 is 0. The predicted octanol–water partition coefficient (Wildman–Crippen LogP) is 2.44. The van der Waals surface area contributed by atoms with E-state index in [4.69, 9.17) is 11.1 Å². The Labute approximate surface area is 202 Å². The van der Waals surface area contributed by atoms with Gasteiger partial charge in [0, 0.05) is 19.1 Å². The molecule has 2 aliphatic rings. The summed E-state index contributed by atoms with van der Waals surface area (Å²) in [5.74, 6) is -0.490. The molecule has 1 aliphatic heterocycles. The highest BCUT2D eigenvalue weighted by atomic mass is 35.5. The zero-order valence-corrected chi connectivity index (χ0v) is 20.1. The zero-order chi connectivity index (χ0) is 21.7. The monoisotopic (exact) mass is 487 g/mol. The minimum absolute atomic E-state index is 0. The first kappa shape index (κ1) is 28.0. The Kier molecular flexibility index (Phi) is 11.3. The highest BCUT2D eigenvalue weighted by Gasteiger charge is 2.36. The molecular weight excluding hydrogens is 453 g/mol. The quantitative estimate of drug-likeness (QED) is 0.297. The molecular formula is C22H35Cl2N5O3. The van der Waals surface area contributed by atoms with Crippen LogP contribution in [0.25, 0.3) is 0 Å². The minimum Gasteiger partial charge on any atom is -0.507 e. The number of amidine groups is 1. The van der Waals surface area contributed by atoms with E-state index < -0.39 is 6.04 Å². The van der Waals surface area contributed by atoms with E-state index in [0.717, 1.165) is 19.3 Å². The number of hydrogen-bond acceptors (Lipinski definition) is 5. The normalized spacial score (nSPS) is 19.4. The fourth-order valence-electron chi connectivity index (χ4n) is 4.47. The molecule has 1 saturated carbocycles. The van der Waals surface area contributed by atoms with Crippen molar-refractivity contribution in [3.05, 3.63) is 29.3 Å². The zero-order valence-electron chi connectivity index (χ0n) is 18.4. The number of nitrogens with two attached hydrogens (primary N) is 1. The Morgan fingerprint density at radius 1 is 1.19 bits per heavy atom. The van der Waals surface area contributed by atoms with Crippen molar-refractivity contribution < 1.29 is 14.7 Å². The molecule has 2 fully saturated rings. The van der Waals surface area contributed by atoms with Crippen LogP contribution >= 0.6 is 24.8 Å². The number of aromatic hydroxyl groups is 1. The molecule has 0 radical (unpaired) electrons. The average molecular weight is 488 g/mol. The number of carbonyl (C=O) groups excluding carboxylic acids is 2. The van der Waals surface area contributed by atoms with Crippen LogP contribution in [0.1, 0.15) is 63.0 Å². The van der Waals surface area contributed by atoms with Gasteiger partial charge in [-0.25, -0.2) is 0 Å². The molecule has 180 valence electrons. The van der Waals surface area contributed by atoms with E-state index in [-0.39, 0.29) is 66.4 Å². The number of nitrogen functional groups attached to an aromatic ring is 1. The Balaban J connectivity index is 0.00000256. The van der Waals surface area contributed by atoms with Crippen molar-refractivity contribution in [3.8, 4) is 5.75 Å². The number of carbonyl (C=O) groups is 2. The number of nitrogens with zero attached hydrogens (tertiary/aromatic N) is 1. The van der Waals surface area contributed by atoms with Crippen LogP contribution < -0.4 is 16.4 Å². The van der Waals surface area contributed by atoms with Crippen LogP contribution in [0.4, 0.5) is 0 Å². The molecule has 8 nitrogen and oxygen atoms in total. The first-order valence-electron chi connectivity index (χ1n) is 10.9. The van der Waals surface area contributed by atoms with Crippen LogP contribution in [0.5, 0.6) is 5.75 Å². The molecule has 2 amide bonds. The van der Waals surface area contributed by atoms with Gasteiger partial charge in [-0.3, -0.25) is 15.0 Å². The molecule has 0 spiro atoms. The number of rotatable bonds is 7. The van der Waals surface area contributed by atoms with Gasteiger partial charge < -0.3 is 26.4 Å². The summed E-state index contributed by atoms with van der Waals surface area (Å²) in [7, 11) is 0. The van der Waals surface area contributed by atoms with Crippen molar-refractivity contribution in [1.82, 2.24) is 15.5 Å². The van der Waals surface area contributed by atoms with Crippen molar-refractivity contribution in [1.29, 1.82) is 5.41 Å². The van der Waals surface area contributed by atoms with Gasteiger partial charge in [0.2, 0.25) is 11.8 Å². The molecule has 1 aromatic carbocycles. The molecule has 1 aromatic rings. The van der Waals surface area contributed by atoms with Gasteiger partial charge in [-0.05, 0) is 50.3 Å². The molecule has 6 N–H and O–H groups in total. The van der Waals surface area contributed by atoms with Crippen molar-refractivity contribution in [3.63, 3.8) is 0 Å². The first-order valence-corrected chi connectivity index (χ1v) is 10.9. The van der Waals surface area contributed by atoms with Gasteiger partial charge in [-0.15, -0.1) is 24.8 Å². The van der Waals surface area contributed by atoms with Crippen LogP contribution in [0.2, 0.25) is 0 Å². The Morgan fingerprint density at radius 3 is 2.50 bits per heavy atom. The summed E-state index contributed by atoms with van der Waals surface area (Å²) in [5, 5.41) is 23.7. The number of nitrogens with one attached hydrogen (secondary N) is 3. The summed E-state index contributed by atoms with van der Waals surface area (Å²) in [6.45, 7) is 2.73. The van der Waals surface area contributed by atoms with Gasteiger partial charge in [0.05, 0.1) is 11.6 Å². The van der Waals surface area contributed by atoms with Crippen LogP contribution in [0.3, 0.4) is 0 Å². The van der Waals surface area contributed by atoms with E-state index in [9.17, 15) is 14.7 Å². The van der Waals surface area contributed by atoms with Gasteiger partial charge in [0.15, 0.2) is 0 Å². The molecule has 10 heteroatoms. The number of phenols is 1. The fourth-order valence-corrected chi connectivity index (χ4v) is 4.47. The maximum absolute atomic E-state index is 13.0. The summed E-state index contributed by atoms with van der Waals surface area (Å²) in [6, 6.07) is 4.40. The van der Waals surface area contributed by atoms with Crippen molar-refractivity contribution in [2.45, 2.75) is 76.5 Å². The standard InChI is InChI=1S/C22H33N5O3.2ClH/c1-14(26-16-6-3-2-4-7-16)22(30)27-11-5-8-18(27)21(29)25-13-15-9-10-17(20(23)24)19(28)12-15;;/h9-10,12,14,16,18,26,28H,2-8,11,13H2,1H3,(H3,23,24)(H,25,29);2*1H/t14-,18+;;/m1../s1. The molecule has 0 unspecified atom stereocenters. The van der Waals surface area contributed by atoms with E-state index in [1.165, 1.54) is 25.3 Å². The lowest BCUT2D eigenvalue weighted by Gasteiger charge is -2.30. The Morgan fingerprint density at radius 2 is 1.88 bits per heavy atom. The van der Waals surface area contributed by atoms with Crippen LogP contribution in [-0.2, 0) is 16.1 Å². The van der Waals surface area contributed by atoms with Gasteiger partial charge in [-0.2, -0.15) is 0 Å². The number of amides is 2. The lowest BCUT2D eigenvalue weighted by Crippen LogP contribution is -2.53. The third-order valence-electron chi connectivity index (χ3n) is 6.12. The third-order valence-corrected chi connectivity index (χ3v) is 6.12. The Hall–Kier alpha value is -2.03. The van der Waals surface area contributed by atoms with E-state index >= 15 is 0 Å². The summed E-state index contributed by atoms with van der Waals surface area (Å²) in [4.78, 5) is 27.4. The minimum atomic E-state index is -0.460. The number of likely N-dealkylation sites (tertiary alicyclic amines) is 1. The smallest absolute Gasteiger partial charge is 0.243 e. The second-order valence-electron chi connectivity index (χ2n) is 8.40. The van der Waals surface area contributed by atoms with Crippen molar-refractivity contribution >= 4 is 42.5 Å². The molecule has 0 bridgehead atoms. The Bertz CT molecular complexity index is 802. The molecule has 1 saturated heterocycles. The van der Waals surface area contributed by atoms with E-state index in [0.29, 0.717) is 24.6 Å². The SMILES string of the molecule is C[C@@H](NC1CCCCC1)C(=O)N1CCC[C@H]1C(=O)NCc1ccc(C(=N)N)c(O)c1.Cl.Cl. The van der Waals surface area contributed by atoms with Gasteiger partial charge in [0.1, 0.15) is 17.6 Å². The topological polar surface area (TPSA) is 132 Å². The van der Waals surface area contributed by atoms with E-state index in [1.54, 1.807) is 17.0 Å². The highest BCUT2D eigenvalue weighted by molar-refractivity contribution is 5.97. The van der Waals surface area contributed by atoms with Crippen LogP contribution in [-0.4, -0.2) is 52.3 Å². The van der Waals surface area contributed by atoms with Crippen LogP contribution in [0.15, 0.2) is 18.2 Å². The van der Waals surface area contributed by atoms with E-state index in [1.807, 2.05) is 6.92 Å². The van der Waals surface area contributed by atoms with Crippen molar-refractivity contribution in [2.75, 3.05) is 6.54 Å². The van der Waals surface area contributed by atoms with Crippen molar-refractivity contribution in [2.24, 2.45) is 5.73 Å². The third kappa shape index (κ3) is 6.98. The van der Waals surface area contributed by atoms with Gasteiger partial charge >= 0.3 is 0 Å². The summed E-state index contributed by atoms with van der Waals surface area (Å²) >= 11 is 0. The number of hydrogen-bond donors (Lipinski definition) is 5. The van der Waals surface area contributed by atoms with Gasteiger partial charge in [0.25, 0.3) is 0 Å². The lowest BCUT2D eigenvalue weighted by molar-refractivity contribution is -0.140. The largest absolute Gasteiger partial charge is 0.507 e.